The second-order valence-electron chi connectivity index (χ2n) is 4.27. The van der Waals surface area contributed by atoms with Gasteiger partial charge in [0.25, 0.3) is 0 Å². The van der Waals surface area contributed by atoms with Gasteiger partial charge in [0, 0.05) is 12.5 Å². The van der Waals surface area contributed by atoms with E-state index in [2.05, 4.69) is 10.1 Å². The van der Waals surface area contributed by atoms with Gasteiger partial charge in [-0.1, -0.05) is 12.8 Å². The van der Waals surface area contributed by atoms with Gasteiger partial charge >= 0.3 is 5.97 Å². The number of nitrogens with zero attached hydrogens (tertiary/aromatic N) is 3. The van der Waals surface area contributed by atoms with Crippen molar-refractivity contribution in [3.05, 3.63) is 12.2 Å². The van der Waals surface area contributed by atoms with E-state index in [1.165, 1.54) is 6.33 Å². The van der Waals surface area contributed by atoms with Gasteiger partial charge in [-0.05, 0) is 19.8 Å². The van der Waals surface area contributed by atoms with Gasteiger partial charge in [-0.25, -0.2) is 4.98 Å². The summed E-state index contributed by atoms with van der Waals surface area (Å²) in [5, 5.41) is 13.3. The molecule has 1 fully saturated rings. The van der Waals surface area contributed by atoms with Crippen LogP contribution in [0.1, 0.15) is 44.3 Å². The number of carboxylic acid groups (broad SMARTS) is 1. The van der Waals surface area contributed by atoms with Gasteiger partial charge in [-0.2, -0.15) is 5.10 Å². The molecule has 1 aliphatic carbocycles. The molecule has 16 heavy (non-hydrogen) atoms. The molecule has 0 amide bonds. The van der Waals surface area contributed by atoms with E-state index in [0.717, 1.165) is 38.1 Å². The number of hydrogen-bond donors (Lipinski definition) is 1. The summed E-state index contributed by atoms with van der Waals surface area (Å²) in [6, 6.07) is 0. The average molecular weight is 223 g/mol. The average Bonchev–Trinajstić information content (AvgIpc) is 2.76. The molecule has 0 spiro atoms. The summed E-state index contributed by atoms with van der Waals surface area (Å²) in [7, 11) is 0. The fourth-order valence-electron chi connectivity index (χ4n) is 2.54. The molecule has 1 N–H and O–H groups in total. The monoisotopic (exact) mass is 223 g/mol. The first kappa shape index (κ1) is 11.1. The zero-order valence-corrected chi connectivity index (χ0v) is 9.46. The van der Waals surface area contributed by atoms with E-state index in [1.807, 2.05) is 11.6 Å². The van der Waals surface area contributed by atoms with Crippen molar-refractivity contribution in [2.24, 2.45) is 5.92 Å². The molecular weight excluding hydrogens is 206 g/mol. The van der Waals surface area contributed by atoms with Crippen molar-refractivity contribution in [1.29, 1.82) is 0 Å². The Morgan fingerprint density at radius 3 is 3.00 bits per heavy atom. The lowest BCUT2D eigenvalue weighted by molar-refractivity contribution is -0.143. The molecule has 1 saturated carbocycles. The first-order valence-corrected chi connectivity index (χ1v) is 5.84. The van der Waals surface area contributed by atoms with Crippen LogP contribution in [-0.2, 0) is 11.3 Å². The largest absolute Gasteiger partial charge is 0.481 e. The molecule has 2 atom stereocenters. The summed E-state index contributed by atoms with van der Waals surface area (Å²) in [6.45, 7) is 2.74. The van der Waals surface area contributed by atoms with Gasteiger partial charge in [0.2, 0.25) is 0 Å². The molecule has 5 nitrogen and oxygen atoms in total. The molecule has 0 aromatic carbocycles. The predicted octanol–water partition coefficient (Wildman–Crippen LogP) is 1.66. The van der Waals surface area contributed by atoms with E-state index in [-0.39, 0.29) is 11.8 Å². The lowest BCUT2D eigenvalue weighted by Crippen LogP contribution is -2.27. The second kappa shape index (κ2) is 4.63. The van der Waals surface area contributed by atoms with Crippen molar-refractivity contribution in [2.75, 3.05) is 0 Å². The quantitative estimate of drug-likeness (QED) is 0.846. The lowest BCUT2D eigenvalue weighted by atomic mass is 9.79. The van der Waals surface area contributed by atoms with Crippen molar-refractivity contribution >= 4 is 5.97 Å². The Hall–Kier alpha value is -1.39. The third-order valence-corrected chi connectivity index (χ3v) is 3.36. The molecule has 1 aromatic heterocycles. The molecule has 1 heterocycles. The van der Waals surface area contributed by atoms with E-state index >= 15 is 0 Å². The zero-order valence-electron chi connectivity index (χ0n) is 9.46. The highest BCUT2D eigenvalue weighted by atomic mass is 16.4. The van der Waals surface area contributed by atoms with Crippen LogP contribution in [0.25, 0.3) is 0 Å². The van der Waals surface area contributed by atoms with Crippen LogP contribution in [0.4, 0.5) is 0 Å². The van der Waals surface area contributed by atoms with E-state index in [9.17, 15) is 9.90 Å². The summed E-state index contributed by atoms with van der Waals surface area (Å²) in [5.74, 6) is -0.109. The normalized spacial score (nSPS) is 25.6. The second-order valence-corrected chi connectivity index (χ2v) is 4.27. The van der Waals surface area contributed by atoms with Gasteiger partial charge in [0.05, 0.1) is 5.92 Å². The molecule has 0 radical (unpaired) electrons. The minimum absolute atomic E-state index is 0.0358. The smallest absolute Gasteiger partial charge is 0.307 e. The number of aromatic nitrogens is 3. The molecular formula is C11H17N3O2. The molecule has 0 aliphatic heterocycles. The van der Waals surface area contributed by atoms with Crippen molar-refractivity contribution in [3.8, 4) is 0 Å². The van der Waals surface area contributed by atoms with Crippen LogP contribution in [0.5, 0.6) is 0 Å². The van der Waals surface area contributed by atoms with Gasteiger partial charge in [0.15, 0.2) is 0 Å². The van der Waals surface area contributed by atoms with Gasteiger partial charge < -0.3 is 5.11 Å². The van der Waals surface area contributed by atoms with Crippen LogP contribution in [0.3, 0.4) is 0 Å². The minimum atomic E-state index is -0.699. The van der Waals surface area contributed by atoms with Crippen molar-refractivity contribution in [3.63, 3.8) is 0 Å². The Bertz CT molecular complexity index is 375. The fraction of sp³-hybridized carbons (Fsp3) is 0.727. The van der Waals surface area contributed by atoms with Crippen LogP contribution >= 0.6 is 0 Å². The SMILES string of the molecule is CCn1ncnc1C1CCCCC1C(=O)O. The number of carboxylic acids is 1. The number of hydrogen-bond acceptors (Lipinski definition) is 3. The van der Waals surface area contributed by atoms with Crippen molar-refractivity contribution < 1.29 is 9.90 Å². The fourth-order valence-corrected chi connectivity index (χ4v) is 2.54. The number of carbonyl (C=O) groups is 1. The molecule has 1 aliphatic rings. The maximum absolute atomic E-state index is 11.2. The van der Waals surface area contributed by atoms with E-state index in [1.54, 1.807) is 0 Å². The predicted molar refractivity (Wildman–Crippen MR) is 58.0 cm³/mol. The lowest BCUT2D eigenvalue weighted by Gasteiger charge is -2.27. The first-order chi connectivity index (χ1) is 7.74. The third kappa shape index (κ3) is 1.94. The number of aryl methyl sites for hydroxylation is 1. The third-order valence-electron chi connectivity index (χ3n) is 3.36. The van der Waals surface area contributed by atoms with Crippen LogP contribution < -0.4 is 0 Å². The molecule has 88 valence electrons. The maximum atomic E-state index is 11.2. The van der Waals surface area contributed by atoms with Gasteiger partial charge in [-0.15, -0.1) is 0 Å². The number of rotatable bonds is 3. The first-order valence-electron chi connectivity index (χ1n) is 5.84. The highest BCUT2D eigenvalue weighted by Crippen LogP contribution is 2.36. The van der Waals surface area contributed by atoms with Crippen LogP contribution in [0.15, 0.2) is 6.33 Å². The maximum Gasteiger partial charge on any atom is 0.307 e. The van der Waals surface area contributed by atoms with E-state index in [0.29, 0.717) is 0 Å². The summed E-state index contributed by atoms with van der Waals surface area (Å²) in [6.07, 6.45) is 5.29. The van der Waals surface area contributed by atoms with Crippen molar-refractivity contribution in [1.82, 2.24) is 14.8 Å². The molecule has 0 bridgehead atoms. The molecule has 1 aromatic rings. The summed E-state index contributed by atoms with van der Waals surface area (Å²) in [4.78, 5) is 15.4. The van der Waals surface area contributed by atoms with Crippen LogP contribution in [0.2, 0.25) is 0 Å². The topological polar surface area (TPSA) is 68.0 Å². The van der Waals surface area contributed by atoms with E-state index in [4.69, 9.17) is 0 Å². The van der Waals surface area contributed by atoms with Gasteiger partial charge in [0.1, 0.15) is 12.2 Å². The summed E-state index contributed by atoms with van der Waals surface area (Å²) in [5.41, 5.74) is 0. The van der Waals surface area contributed by atoms with Crippen LogP contribution in [0, 0.1) is 5.92 Å². The molecule has 5 heteroatoms. The number of aliphatic carboxylic acids is 1. The Balaban J connectivity index is 2.26. The van der Waals surface area contributed by atoms with Crippen molar-refractivity contribution in [2.45, 2.75) is 45.1 Å². The van der Waals surface area contributed by atoms with Crippen LogP contribution in [-0.4, -0.2) is 25.8 Å². The Labute approximate surface area is 94.5 Å². The Morgan fingerprint density at radius 1 is 1.56 bits per heavy atom. The standard InChI is InChI=1S/C11H17N3O2/c1-2-14-10(12-7-13-14)8-5-3-4-6-9(8)11(15)16/h7-9H,2-6H2,1H3,(H,15,16). The highest BCUT2D eigenvalue weighted by molar-refractivity contribution is 5.71. The Kier molecular flexibility index (Phi) is 3.22. The zero-order chi connectivity index (χ0) is 11.5. The highest BCUT2D eigenvalue weighted by Gasteiger charge is 2.34. The minimum Gasteiger partial charge on any atom is -0.481 e. The molecule has 2 rings (SSSR count). The summed E-state index contributed by atoms with van der Waals surface area (Å²) >= 11 is 0. The van der Waals surface area contributed by atoms with Gasteiger partial charge in [-0.3, -0.25) is 9.48 Å². The molecule has 2 unspecified atom stereocenters. The summed E-state index contributed by atoms with van der Waals surface area (Å²) < 4.78 is 1.81. The van der Waals surface area contributed by atoms with E-state index < -0.39 is 5.97 Å². The molecule has 0 saturated heterocycles. The Morgan fingerprint density at radius 2 is 2.31 bits per heavy atom.